The van der Waals surface area contributed by atoms with E-state index in [1.54, 1.807) is 0 Å². The van der Waals surface area contributed by atoms with Crippen LogP contribution in [0.1, 0.15) is 35.4 Å². The summed E-state index contributed by atoms with van der Waals surface area (Å²) < 4.78 is 27.3. The second-order valence-electron chi connectivity index (χ2n) is 6.56. The van der Waals surface area contributed by atoms with Gasteiger partial charge < -0.3 is 4.90 Å². The van der Waals surface area contributed by atoms with Crippen LogP contribution in [-0.2, 0) is 22.3 Å². The fourth-order valence-electron chi connectivity index (χ4n) is 2.90. The summed E-state index contributed by atoms with van der Waals surface area (Å²) >= 11 is 0. The number of nitrogens with one attached hydrogen (secondary N) is 1. The smallest absolute Gasteiger partial charge is 0.225 e. The first-order valence-corrected chi connectivity index (χ1v) is 10.2. The van der Waals surface area contributed by atoms with Crippen LogP contribution >= 0.6 is 0 Å². The van der Waals surface area contributed by atoms with Crippen molar-refractivity contribution < 1.29 is 8.42 Å². The average Bonchev–Trinajstić information content (AvgIpc) is 3.09. The Bertz CT molecular complexity index is 829. The van der Waals surface area contributed by atoms with Gasteiger partial charge in [-0.3, -0.25) is 0 Å². The molecule has 1 aliphatic rings. The summed E-state index contributed by atoms with van der Waals surface area (Å²) in [5, 5.41) is 0. The maximum atomic E-state index is 12.3. The lowest BCUT2D eigenvalue weighted by Crippen LogP contribution is -2.26. The topological polar surface area (TPSA) is 75.2 Å². The molecule has 0 saturated carbocycles. The average molecular weight is 360 g/mol. The minimum atomic E-state index is -3.41. The molecule has 7 heteroatoms. The molecule has 2 aromatic rings. The number of sulfonamides is 1. The molecular formula is C18H24N4O2S. The van der Waals surface area contributed by atoms with Crippen LogP contribution in [0.4, 0.5) is 5.95 Å². The van der Waals surface area contributed by atoms with Crippen molar-refractivity contribution >= 4 is 16.0 Å². The predicted molar refractivity (Wildman–Crippen MR) is 98.9 cm³/mol. The molecule has 1 saturated heterocycles. The molecule has 0 aliphatic carbocycles. The Kier molecular flexibility index (Phi) is 5.34. The van der Waals surface area contributed by atoms with E-state index in [2.05, 4.69) is 19.6 Å². The van der Waals surface area contributed by atoms with Crippen LogP contribution in [0.15, 0.2) is 30.3 Å². The second-order valence-corrected chi connectivity index (χ2v) is 8.37. The van der Waals surface area contributed by atoms with Crippen molar-refractivity contribution in [3.8, 4) is 0 Å². The van der Waals surface area contributed by atoms with E-state index < -0.39 is 10.0 Å². The van der Waals surface area contributed by atoms with Gasteiger partial charge in [-0.2, -0.15) is 0 Å². The van der Waals surface area contributed by atoms with E-state index in [-0.39, 0.29) is 12.3 Å². The molecular weight excluding hydrogens is 336 g/mol. The van der Waals surface area contributed by atoms with Gasteiger partial charge >= 0.3 is 0 Å². The summed E-state index contributed by atoms with van der Waals surface area (Å²) in [6.07, 6.45) is 2.30. The lowest BCUT2D eigenvalue weighted by molar-refractivity contribution is 0.579. The van der Waals surface area contributed by atoms with E-state index in [1.165, 1.54) is 0 Å². The second kappa shape index (κ2) is 7.49. The number of nitrogens with zero attached hydrogens (tertiary/aromatic N) is 3. The molecule has 25 heavy (non-hydrogen) atoms. The lowest BCUT2D eigenvalue weighted by Gasteiger charge is -2.16. The Morgan fingerprint density at radius 3 is 2.44 bits per heavy atom. The summed E-state index contributed by atoms with van der Waals surface area (Å²) in [7, 11) is -3.41. The maximum Gasteiger partial charge on any atom is 0.225 e. The third kappa shape index (κ3) is 4.99. The minimum Gasteiger partial charge on any atom is -0.341 e. The third-order valence-corrected chi connectivity index (χ3v) is 5.53. The van der Waals surface area contributed by atoms with Gasteiger partial charge in [0, 0.05) is 18.8 Å². The van der Waals surface area contributed by atoms with Gasteiger partial charge in [-0.1, -0.05) is 29.8 Å². The lowest BCUT2D eigenvalue weighted by atomic mass is 10.2. The SMILES string of the molecule is Cc1ccc(CS(=O)(=O)NCc2cc(C)nc(N3CCCC3)n2)cc1. The molecule has 0 amide bonds. The number of benzene rings is 1. The van der Waals surface area contributed by atoms with Crippen LogP contribution in [0.25, 0.3) is 0 Å². The van der Waals surface area contributed by atoms with Crippen LogP contribution in [0.5, 0.6) is 0 Å². The zero-order valence-electron chi connectivity index (χ0n) is 14.7. The van der Waals surface area contributed by atoms with Crippen LogP contribution in [0, 0.1) is 13.8 Å². The van der Waals surface area contributed by atoms with E-state index in [4.69, 9.17) is 0 Å². The molecule has 1 aromatic carbocycles. The third-order valence-electron chi connectivity index (χ3n) is 4.23. The van der Waals surface area contributed by atoms with Gasteiger partial charge in [0.05, 0.1) is 18.0 Å². The monoisotopic (exact) mass is 360 g/mol. The van der Waals surface area contributed by atoms with E-state index in [0.29, 0.717) is 11.6 Å². The molecule has 6 nitrogen and oxygen atoms in total. The molecule has 0 bridgehead atoms. The van der Waals surface area contributed by atoms with Crippen molar-refractivity contribution in [3.05, 3.63) is 52.8 Å². The zero-order chi connectivity index (χ0) is 17.9. The summed E-state index contributed by atoms with van der Waals surface area (Å²) in [5.74, 6) is 0.668. The molecule has 0 atom stereocenters. The Hall–Kier alpha value is -1.99. The maximum absolute atomic E-state index is 12.3. The quantitative estimate of drug-likeness (QED) is 0.856. The summed E-state index contributed by atoms with van der Waals surface area (Å²) in [4.78, 5) is 11.1. The number of aromatic nitrogens is 2. The number of anilines is 1. The minimum absolute atomic E-state index is 0.0314. The first-order chi connectivity index (χ1) is 11.9. The van der Waals surface area contributed by atoms with E-state index in [0.717, 1.165) is 42.8 Å². The van der Waals surface area contributed by atoms with E-state index in [9.17, 15) is 8.42 Å². The first-order valence-electron chi connectivity index (χ1n) is 8.54. The molecule has 3 rings (SSSR count). The van der Waals surface area contributed by atoms with Gasteiger partial charge in [0.2, 0.25) is 16.0 Å². The highest BCUT2D eigenvalue weighted by Gasteiger charge is 2.17. The summed E-state index contributed by atoms with van der Waals surface area (Å²) in [6, 6.07) is 9.35. The van der Waals surface area contributed by atoms with Crippen LogP contribution < -0.4 is 9.62 Å². The highest BCUT2D eigenvalue weighted by molar-refractivity contribution is 7.88. The van der Waals surface area contributed by atoms with Crippen molar-refractivity contribution in [1.29, 1.82) is 0 Å². The van der Waals surface area contributed by atoms with Crippen LogP contribution in [0.2, 0.25) is 0 Å². The van der Waals surface area contributed by atoms with Gasteiger partial charge in [0.15, 0.2) is 0 Å². The van der Waals surface area contributed by atoms with Crippen LogP contribution in [0.3, 0.4) is 0 Å². The number of hydrogen-bond donors (Lipinski definition) is 1. The van der Waals surface area contributed by atoms with E-state index in [1.807, 2.05) is 44.2 Å². The summed E-state index contributed by atoms with van der Waals surface area (Å²) in [5.41, 5.74) is 3.43. The largest absolute Gasteiger partial charge is 0.341 e. The fraction of sp³-hybridized carbons (Fsp3) is 0.444. The molecule has 0 radical (unpaired) electrons. The Balaban J connectivity index is 1.66. The van der Waals surface area contributed by atoms with E-state index >= 15 is 0 Å². The highest BCUT2D eigenvalue weighted by atomic mass is 32.2. The molecule has 0 spiro atoms. The Morgan fingerprint density at radius 1 is 1.08 bits per heavy atom. The number of rotatable bonds is 6. The van der Waals surface area contributed by atoms with Crippen molar-refractivity contribution in [1.82, 2.24) is 14.7 Å². The van der Waals surface area contributed by atoms with Gasteiger partial charge in [-0.25, -0.2) is 23.1 Å². The first kappa shape index (κ1) is 17.8. The number of hydrogen-bond acceptors (Lipinski definition) is 5. The molecule has 134 valence electrons. The fourth-order valence-corrected chi connectivity index (χ4v) is 4.01. The van der Waals surface area contributed by atoms with Gasteiger partial charge in [0.1, 0.15) is 0 Å². The van der Waals surface area contributed by atoms with Crippen molar-refractivity contribution in [2.24, 2.45) is 0 Å². The van der Waals surface area contributed by atoms with Gasteiger partial charge in [-0.05, 0) is 38.3 Å². The van der Waals surface area contributed by atoms with Crippen molar-refractivity contribution in [3.63, 3.8) is 0 Å². The zero-order valence-corrected chi connectivity index (χ0v) is 15.5. The molecule has 2 heterocycles. The number of aryl methyl sites for hydroxylation is 2. The van der Waals surface area contributed by atoms with Gasteiger partial charge in [-0.15, -0.1) is 0 Å². The van der Waals surface area contributed by atoms with Crippen molar-refractivity contribution in [2.45, 2.75) is 39.0 Å². The highest BCUT2D eigenvalue weighted by Crippen LogP contribution is 2.17. The normalized spacial score (nSPS) is 14.9. The predicted octanol–water partition coefficient (Wildman–Crippen LogP) is 2.31. The molecule has 1 N–H and O–H groups in total. The Morgan fingerprint density at radius 2 is 1.76 bits per heavy atom. The summed E-state index contributed by atoms with van der Waals surface area (Å²) in [6.45, 7) is 5.99. The molecule has 1 fully saturated rings. The Labute approximate surface area is 149 Å². The van der Waals surface area contributed by atoms with Crippen molar-refractivity contribution in [2.75, 3.05) is 18.0 Å². The molecule has 0 unspecified atom stereocenters. The standard InChI is InChI=1S/C18H24N4O2S/c1-14-5-7-16(8-6-14)13-25(23,24)19-12-17-11-15(2)20-18(21-17)22-9-3-4-10-22/h5-8,11,19H,3-4,9-10,12-13H2,1-2H3. The van der Waals surface area contributed by atoms with Gasteiger partial charge in [0.25, 0.3) is 0 Å². The van der Waals surface area contributed by atoms with Crippen LogP contribution in [-0.4, -0.2) is 31.5 Å². The molecule has 1 aromatic heterocycles. The molecule has 1 aliphatic heterocycles.